The molecule has 134 valence electrons. The predicted molar refractivity (Wildman–Crippen MR) is 90.7 cm³/mol. The lowest BCUT2D eigenvalue weighted by molar-refractivity contribution is -0.146. The molecule has 1 aromatic carbocycles. The van der Waals surface area contributed by atoms with E-state index in [9.17, 15) is 9.59 Å². The fraction of sp³-hybridized carbons (Fsp3) is 0.421. The third kappa shape index (κ3) is 5.53. The molecule has 0 N–H and O–H groups in total. The van der Waals surface area contributed by atoms with Crippen molar-refractivity contribution in [3.63, 3.8) is 0 Å². The van der Waals surface area contributed by atoms with Gasteiger partial charge in [0, 0.05) is 12.5 Å². The second-order valence-corrected chi connectivity index (χ2v) is 6.16. The number of Topliss-reactive ketones (excluding diaryl/α,β-unsaturated/α-hetero) is 1. The number of ketones is 1. The largest absolute Gasteiger partial charge is 0.469 e. The van der Waals surface area contributed by atoms with Gasteiger partial charge in [0.2, 0.25) is 0 Å². The SMILES string of the molecule is COC(=O)C(CC(=O)c1cc(COCc2ccccc2)on1)C(C)C. The van der Waals surface area contributed by atoms with Gasteiger partial charge in [-0.15, -0.1) is 0 Å². The molecule has 0 fully saturated rings. The summed E-state index contributed by atoms with van der Waals surface area (Å²) >= 11 is 0. The van der Waals surface area contributed by atoms with Crippen LogP contribution in [0.15, 0.2) is 40.9 Å². The van der Waals surface area contributed by atoms with Crippen LogP contribution in [0.1, 0.15) is 42.1 Å². The molecule has 1 atom stereocenters. The molecule has 1 aromatic heterocycles. The molecular weight excluding hydrogens is 322 g/mol. The van der Waals surface area contributed by atoms with Crippen LogP contribution in [0.3, 0.4) is 0 Å². The molecule has 6 nitrogen and oxygen atoms in total. The number of esters is 1. The summed E-state index contributed by atoms with van der Waals surface area (Å²) in [6.07, 6.45) is 0.0428. The average Bonchev–Trinajstić information content (AvgIpc) is 3.08. The fourth-order valence-corrected chi connectivity index (χ4v) is 2.40. The molecule has 0 radical (unpaired) electrons. The molecule has 0 saturated carbocycles. The van der Waals surface area contributed by atoms with Crippen molar-refractivity contribution >= 4 is 11.8 Å². The van der Waals surface area contributed by atoms with Crippen LogP contribution in [0.25, 0.3) is 0 Å². The molecule has 0 aliphatic heterocycles. The van der Waals surface area contributed by atoms with Gasteiger partial charge < -0.3 is 14.0 Å². The number of hydrogen-bond acceptors (Lipinski definition) is 6. The van der Waals surface area contributed by atoms with Gasteiger partial charge in [0.15, 0.2) is 11.5 Å². The van der Waals surface area contributed by atoms with Crippen LogP contribution < -0.4 is 0 Å². The minimum atomic E-state index is -0.494. The number of carbonyl (C=O) groups is 2. The van der Waals surface area contributed by atoms with Gasteiger partial charge >= 0.3 is 5.97 Å². The number of benzene rings is 1. The van der Waals surface area contributed by atoms with Gasteiger partial charge in [-0.1, -0.05) is 49.3 Å². The Kier molecular flexibility index (Phi) is 6.89. The Hall–Kier alpha value is -2.47. The lowest BCUT2D eigenvalue weighted by Gasteiger charge is -2.16. The van der Waals surface area contributed by atoms with Crippen molar-refractivity contribution in [2.75, 3.05) is 7.11 Å². The van der Waals surface area contributed by atoms with E-state index in [1.54, 1.807) is 6.07 Å². The van der Waals surface area contributed by atoms with Crippen molar-refractivity contribution in [3.05, 3.63) is 53.4 Å². The molecule has 6 heteroatoms. The highest BCUT2D eigenvalue weighted by Crippen LogP contribution is 2.20. The number of hydrogen-bond donors (Lipinski definition) is 0. The van der Waals surface area contributed by atoms with Gasteiger partial charge in [0.05, 0.1) is 19.6 Å². The minimum absolute atomic E-state index is 0.00280. The maximum atomic E-state index is 12.3. The van der Waals surface area contributed by atoms with Gasteiger partial charge in [0.1, 0.15) is 12.3 Å². The molecule has 0 aliphatic carbocycles. The van der Waals surface area contributed by atoms with E-state index >= 15 is 0 Å². The zero-order chi connectivity index (χ0) is 18.2. The van der Waals surface area contributed by atoms with Crippen molar-refractivity contribution in [2.24, 2.45) is 11.8 Å². The van der Waals surface area contributed by atoms with Crippen molar-refractivity contribution < 1.29 is 23.6 Å². The van der Waals surface area contributed by atoms with E-state index in [1.165, 1.54) is 7.11 Å². The van der Waals surface area contributed by atoms with Gasteiger partial charge in [-0.25, -0.2) is 0 Å². The van der Waals surface area contributed by atoms with Crippen LogP contribution in [0, 0.1) is 11.8 Å². The third-order valence-electron chi connectivity index (χ3n) is 3.91. The molecule has 2 aromatic rings. The lowest BCUT2D eigenvalue weighted by atomic mass is 9.90. The highest BCUT2D eigenvalue weighted by molar-refractivity contribution is 5.96. The third-order valence-corrected chi connectivity index (χ3v) is 3.91. The normalized spacial score (nSPS) is 12.2. The molecule has 0 bridgehead atoms. The highest BCUT2D eigenvalue weighted by atomic mass is 16.5. The summed E-state index contributed by atoms with van der Waals surface area (Å²) in [4.78, 5) is 24.1. The molecular formula is C19H23NO5. The highest BCUT2D eigenvalue weighted by Gasteiger charge is 2.27. The van der Waals surface area contributed by atoms with Gasteiger partial charge in [-0.2, -0.15) is 0 Å². The summed E-state index contributed by atoms with van der Waals surface area (Å²) in [6.45, 7) is 4.42. The number of methoxy groups -OCH3 is 1. The zero-order valence-electron chi connectivity index (χ0n) is 14.7. The van der Waals surface area contributed by atoms with Crippen LogP contribution in [0.2, 0.25) is 0 Å². The maximum Gasteiger partial charge on any atom is 0.309 e. The van der Waals surface area contributed by atoms with Crippen molar-refractivity contribution in [1.29, 1.82) is 0 Å². The van der Waals surface area contributed by atoms with E-state index < -0.39 is 11.9 Å². The Bertz CT molecular complexity index is 693. The summed E-state index contributed by atoms with van der Waals surface area (Å²) in [5, 5.41) is 3.78. The van der Waals surface area contributed by atoms with Crippen LogP contribution >= 0.6 is 0 Å². The van der Waals surface area contributed by atoms with Gasteiger partial charge in [-0.05, 0) is 11.5 Å². The zero-order valence-corrected chi connectivity index (χ0v) is 14.7. The van der Waals surface area contributed by atoms with Crippen molar-refractivity contribution in [3.8, 4) is 0 Å². The van der Waals surface area contributed by atoms with E-state index in [1.807, 2.05) is 44.2 Å². The molecule has 2 rings (SSSR count). The summed E-state index contributed by atoms with van der Waals surface area (Å²) < 4.78 is 15.5. The Morgan fingerprint density at radius 1 is 1.16 bits per heavy atom. The summed E-state index contributed by atoms with van der Waals surface area (Å²) in [5.74, 6) is -0.664. The maximum absolute atomic E-state index is 12.3. The summed E-state index contributed by atoms with van der Waals surface area (Å²) in [6, 6.07) is 11.3. The molecule has 0 aliphatic rings. The second-order valence-electron chi connectivity index (χ2n) is 6.16. The van der Waals surface area contributed by atoms with Crippen LogP contribution in [0.5, 0.6) is 0 Å². The Morgan fingerprint density at radius 3 is 2.52 bits per heavy atom. The van der Waals surface area contributed by atoms with Crippen LogP contribution in [0.4, 0.5) is 0 Å². The predicted octanol–water partition coefficient (Wildman–Crippen LogP) is 3.41. The number of ether oxygens (including phenoxy) is 2. The molecule has 0 spiro atoms. The van der Waals surface area contributed by atoms with E-state index in [0.717, 1.165) is 5.56 Å². The van der Waals surface area contributed by atoms with Crippen LogP contribution in [-0.2, 0) is 27.5 Å². The molecule has 1 unspecified atom stereocenters. The first-order valence-corrected chi connectivity index (χ1v) is 8.19. The Labute approximate surface area is 147 Å². The van der Waals surface area contributed by atoms with Crippen LogP contribution in [-0.4, -0.2) is 24.0 Å². The fourth-order valence-electron chi connectivity index (χ4n) is 2.40. The molecule has 1 heterocycles. The first kappa shape index (κ1) is 18.9. The van der Waals surface area contributed by atoms with E-state index in [4.69, 9.17) is 14.0 Å². The van der Waals surface area contributed by atoms with E-state index in [-0.39, 0.29) is 30.4 Å². The van der Waals surface area contributed by atoms with Crippen molar-refractivity contribution in [2.45, 2.75) is 33.5 Å². The molecule has 25 heavy (non-hydrogen) atoms. The summed E-state index contributed by atoms with van der Waals surface area (Å²) in [5.41, 5.74) is 1.25. The monoisotopic (exact) mass is 345 g/mol. The standard InChI is InChI=1S/C19H23NO5/c1-13(2)16(19(22)23-3)10-18(21)17-9-15(25-20-17)12-24-11-14-7-5-4-6-8-14/h4-9,13,16H,10-12H2,1-3H3. The van der Waals surface area contributed by atoms with Crippen molar-refractivity contribution in [1.82, 2.24) is 5.16 Å². The molecule has 0 saturated heterocycles. The number of carbonyl (C=O) groups excluding carboxylic acids is 2. The van der Waals surface area contributed by atoms with E-state index in [0.29, 0.717) is 12.4 Å². The Morgan fingerprint density at radius 2 is 1.88 bits per heavy atom. The Balaban J connectivity index is 1.89. The number of rotatable bonds is 9. The lowest BCUT2D eigenvalue weighted by Crippen LogP contribution is -2.24. The van der Waals surface area contributed by atoms with Gasteiger partial charge in [0.25, 0.3) is 0 Å². The van der Waals surface area contributed by atoms with E-state index in [2.05, 4.69) is 5.16 Å². The molecule has 0 amide bonds. The minimum Gasteiger partial charge on any atom is -0.469 e. The number of nitrogens with zero attached hydrogens (tertiary/aromatic N) is 1. The van der Waals surface area contributed by atoms with Gasteiger partial charge in [-0.3, -0.25) is 9.59 Å². The first-order chi connectivity index (χ1) is 12.0. The summed E-state index contributed by atoms with van der Waals surface area (Å²) in [7, 11) is 1.32. The topological polar surface area (TPSA) is 78.6 Å². The quantitative estimate of drug-likeness (QED) is 0.512. The average molecular weight is 345 g/mol. The smallest absolute Gasteiger partial charge is 0.309 e. The first-order valence-electron chi connectivity index (χ1n) is 8.19. The number of aromatic nitrogens is 1. The second kappa shape index (κ2) is 9.13.